The lowest BCUT2D eigenvalue weighted by molar-refractivity contribution is 0.0741. The third-order valence-corrected chi connectivity index (χ3v) is 4.93. The van der Waals surface area contributed by atoms with Gasteiger partial charge < -0.3 is 19.8 Å². The number of hydrogen-bond acceptors (Lipinski definition) is 4. The summed E-state index contributed by atoms with van der Waals surface area (Å²) in [4.78, 5) is 14.3. The Labute approximate surface area is 162 Å². The fraction of sp³-hybridized carbons (Fsp3) is 0.389. The second-order valence-corrected chi connectivity index (χ2v) is 7.42. The number of rotatable bonds is 5. The van der Waals surface area contributed by atoms with Gasteiger partial charge in [0.2, 0.25) is 0 Å². The van der Waals surface area contributed by atoms with Gasteiger partial charge in [-0.15, -0.1) is 12.4 Å². The van der Waals surface area contributed by atoms with E-state index in [0.717, 1.165) is 23.2 Å². The Bertz CT molecular complexity index is 719. The third kappa shape index (κ3) is 4.77. The molecule has 5 nitrogen and oxygen atoms in total. The molecule has 1 atom stereocenters. The fourth-order valence-electron chi connectivity index (χ4n) is 2.78. The molecule has 1 aliphatic heterocycles. The molecule has 1 amide bonds. The predicted molar refractivity (Wildman–Crippen MR) is 102 cm³/mol. The standard InChI is InChI=1S/C18H21BrN2O3.ClH/c1-18(11-20)8-9-21(12-18)17(22)16-7-6-15(24-16)10-23-14-4-2-13(19)3-5-14;/h2-7H,8-12,20H2,1H3;1H. The molecule has 0 spiro atoms. The average Bonchev–Trinajstić information content (AvgIpc) is 3.21. The molecule has 0 aliphatic carbocycles. The molecule has 2 aromatic rings. The highest BCUT2D eigenvalue weighted by Gasteiger charge is 2.36. The number of likely N-dealkylation sites (tertiary alicyclic amines) is 1. The maximum absolute atomic E-state index is 12.5. The maximum atomic E-state index is 12.5. The number of nitrogens with zero attached hydrogens (tertiary/aromatic N) is 1. The Balaban J connectivity index is 0.00000225. The first-order valence-electron chi connectivity index (χ1n) is 7.95. The van der Waals surface area contributed by atoms with Crippen molar-refractivity contribution >= 4 is 34.2 Å². The SMILES string of the molecule is CC1(CN)CCN(C(=O)c2ccc(COc3ccc(Br)cc3)o2)C1.Cl. The summed E-state index contributed by atoms with van der Waals surface area (Å²) in [6, 6.07) is 11.1. The first-order valence-corrected chi connectivity index (χ1v) is 8.75. The summed E-state index contributed by atoms with van der Waals surface area (Å²) in [5.41, 5.74) is 5.81. The number of hydrogen-bond donors (Lipinski definition) is 1. The Hall–Kier alpha value is -1.50. The summed E-state index contributed by atoms with van der Waals surface area (Å²) >= 11 is 3.38. The number of benzene rings is 1. The predicted octanol–water partition coefficient (Wildman–Crippen LogP) is 3.85. The van der Waals surface area contributed by atoms with E-state index in [1.54, 1.807) is 12.1 Å². The van der Waals surface area contributed by atoms with E-state index in [1.165, 1.54) is 0 Å². The minimum atomic E-state index is -0.0814. The smallest absolute Gasteiger partial charge is 0.289 e. The highest BCUT2D eigenvalue weighted by Crippen LogP contribution is 2.29. The molecule has 3 rings (SSSR count). The molecule has 1 aliphatic rings. The van der Waals surface area contributed by atoms with Crippen LogP contribution < -0.4 is 10.5 Å². The summed E-state index contributed by atoms with van der Waals surface area (Å²) in [5, 5.41) is 0. The molecule has 136 valence electrons. The molecule has 1 fully saturated rings. The molecule has 1 saturated heterocycles. The summed E-state index contributed by atoms with van der Waals surface area (Å²) in [6.45, 7) is 4.38. The van der Waals surface area contributed by atoms with Crippen LogP contribution in [0.5, 0.6) is 5.75 Å². The second-order valence-electron chi connectivity index (χ2n) is 6.50. The second kappa shape index (κ2) is 8.25. The van der Waals surface area contributed by atoms with Gasteiger partial charge >= 0.3 is 0 Å². The first-order chi connectivity index (χ1) is 11.5. The van der Waals surface area contributed by atoms with E-state index in [-0.39, 0.29) is 30.3 Å². The van der Waals surface area contributed by atoms with Gasteiger partial charge in [0.15, 0.2) is 5.76 Å². The van der Waals surface area contributed by atoms with Gasteiger partial charge in [-0.2, -0.15) is 0 Å². The van der Waals surface area contributed by atoms with Crippen molar-refractivity contribution in [3.63, 3.8) is 0 Å². The monoisotopic (exact) mass is 428 g/mol. The number of carbonyl (C=O) groups is 1. The fourth-order valence-corrected chi connectivity index (χ4v) is 3.04. The number of carbonyl (C=O) groups excluding carboxylic acids is 1. The molecule has 0 saturated carbocycles. The van der Waals surface area contributed by atoms with Crippen molar-refractivity contribution in [2.45, 2.75) is 20.0 Å². The van der Waals surface area contributed by atoms with E-state index in [9.17, 15) is 4.79 Å². The summed E-state index contributed by atoms with van der Waals surface area (Å²) in [6.07, 6.45) is 0.926. The van der Waals surface area contributed by atoms with Gasteiger partial charge in [-0.1, -0.05) is 22.9 Å². The van der Waals surface area contributed by atoms with Crippen LogP contribution in [0.1, 0.15) is 29.7 Å². The van der Waals surface area contributed by atoms with E-state index in [4.69, 9.17) is 14.9 Å². The molecular weight excluding hydrogens is 408 g/mol. The summed E-state index contributed by atoms with van der Waals surface area (Å²) in [5.74, 6) is 1.65. The van der Waals surface area contributed by atoms with Gasteiger partial charge in [0.05, 0.1) is 0 Å². The minimum absolute atomic E-state index is 0. The topological polar surface area (TPSA) is 68.7 Å². The number of furan rings is 1. The van der Waals surface area contributed by atoms with Crippen LogP contribution in [0.15, 0.2) is 45.3 Å². The van der Waals surface area contributed by atoms with Crippen molar-refractivity contribution in [1.29, 1.82) is 0 Å². The molecule has 2 N–H and O–H groups in total. The van der Waals surface area contributed by atoms with Gasteiger partial charge in [0, 0.05) is 17.6 Å². The van der Waals surface area contributed by atoms with Gasteiger partial charge in [0.1, 0.15) is 18.1 Å². The van der Waals surface area contributed by atoms with Crippen molar-refractivity contribution < 1.29 is 13.9 Å². The maximum Gasteiger partial charge on any atom is 0.289 e. The Morgan fingerprint density at radius 2 is 2.04 bits per heavy atom. The van der Waals surface area contributed by atoms with Crippen molar-refractivity contribution in [3.05, 3.63) is 52.4 Å². The zero-order valence-electron chi connectivity index (χ0n) is 14.0. The van der Waals surface area contributed by atoms with Crippen LogP contribution in [0.3, 0.4) is 0 Å². The van der Waals surface area contributed by atoms with Gasteiger partial charge in [-0.05, 0) is 54.8 Å². The van der Waals surface area contributed by atoms with Gasteiger partial charge in [-0.3, -0.25) is 4.79 Å². The molecule has 2 heterocycles. The van der Waals surface area contributed by atoms with Crippen LogP contribution in [-0.2, 0) is 6.61 Å². The molecule has 1 unspecified atom stereocenters. The lowest BCUT2D eigenvalue weighted by Gasteiger charge is -2.21. The molecule has 7 heteroatoms. The third-order valence-electron chi connectivity index (χ3n) is 4.41. The molecule has 1 aromatic heterocycles. The van der Waals surface area contributed by atoms with Crippen LogP contribution in [0.4, 0.5) is 0 Å². The zero-order valence-corrected chi connectivity index (χ0v) is 16.4. The normalized spacial score (nSPS) is 19.6. The molecule has 25 heavy (non-hydrogen) atoms. The number of amides is 1. The highest BCUT2D eigenvalue weighted by molar-refractivity contribution is 9.10. The number of halogens is 2. The quantitative estimate of drug-likeness (QED) is 0.784. The van der Waals surface area contributed by atoms with Crippen molar-refractivity contribution in [3.8, 4) is 5.75 Å². The number of nitrogens with two attached hydrogens (primary N) is 1. The van der Waals surface area contributed by atoms with Gasteiger partial charge in [0.25, 0.3) is 5.91 Å². The largest absolute Gasteiger partial charge is 0.486 e. The average molecular weight is 430 g/mol. The molecule has 0 bridgehead atoms. The van der Waals surface area contributed by atoms with Gasteiger partial charge in [-0.25, -0.2) is 0 Å². The number of ether oxygens (including phenoxy) is 1. The zero-order chi connectivity index (χ0) is 17.2. The van der Waals surface area contributed by atoms with Crippen molar-refractivity contribution in [2.24, 2.45) is 11.1 Å². The Morgan fingerprint density at radius 3 is 2.68 bits per heavy atom. The van der Waals surface area contributed by atoms with Crippen LogP contribution in [-0.4, -0.2) is 30.4 Å². The lowest BCUT2D eigenvalue weighted by Crippen LogP contribution is -2.34. The van der Waals surface area contributed by atoms with Crippen molar-refractivity contribution in [1.82, 2.24) is 4.90 Å². The summed E-state index contributed by atoms with van der Waals surface area (Å²) < 4.78 is 12.3. The van der Waals surface area contributed by atoms with E-state index < -0.39 is 0 Å². The van der Waals surface area contributed by atoms with Crippen LogP contribution >= 0.6 is 28.3 Å². The first kappa shape index (κ1) is 19.8. The van der Waals surface area contributed by atoms with E-state index in [1.807, 2.05) is 29.2 Å². The highest BCUT2D eigenvalue weighted by atomic mass is 79.9. The molecule has 1 aromatic carbocycles. The van der Waals surface area contributed by atoms with Crippen molar-refractivity contribution in [2.75, 3.05) is 19.6 Å². The van der Waals surface area contributed by atoms with Crippen LogP contribution in [0.25, 0.3) is 0 Å². The molecular formula is C18H22BrClN2O3. The summed E-state index contributed by atoms with van der Waals surface area (Å²) in [7, 11) is 0. The van der Waals surface area contributed by atoms with E-state index >= 15 is 0 Å². The lowest BCUT2D eigenvalue weighted by atomic mass is 9.90. The molecule has 0 radical (unpaired) electrons. The minimum Gasteiger partial charge on any atom is -0.486 e. The van der Waals surface area contributed by atoms with Crippen LogP contribution in [0, 0.1) is 5.41 Å². The van der Waals surface area contributed by atoms with E-state index in [0.29, 0.717) is 24.6 Å². The van der Waals surface area contributed by atoms with E-state index in [2.05, 4.69) is 22.9 Å². The Morgan fingerprint density at radius 1 is 1.32 bits per heavy atom. The Kier molecular flexibility index (Phi) is 6.54. The van der Waals surface area contributed by atoms with Crippen LogP contribution in [0.2, 0.25) is 0 Å².